The summed E-state index contributed by atoms with van der Waals surface area (Å²) in [7, 11) is 0. The minimum Gasteiger partial charge on any atom is -0.502 e. The topological polar surface area (TPSA) is 92.5 Å². The molecule has 2 aromatic rings. The molecule has 1 aliphatic heterocycles. The number of benzene rings is 2. The highest BCUT2D eigenvalue weighted by atomic mass is 35.5. The zero-order valence-corrected chi connectivity index (χ0v) is 11.8. The summed E-state index contributed by atoms with van der Waals surface area (Å²) < 4.78 is 0. The lowest BCUT2D eigenvalue weighted by Crippen LogP contribution is -2.03. The number of rotatable bonds is 2. The van der Waals surface area contributed by atoms with E-state index in [4.69, 9.17) is 11.6 Å². The van der Waals surface area contributed by atoms with E-state index in [-0.39, 0.29) is 5.91 Å². The van der Waals surface area contributed by atoms with Crippen molar-refractivity contribution >= 4 is 40.5 Å². The second-order valence-electron chi connectivity index (χ2n) is 4.71. The van der Waals surface area contributed by atoms with Crippen LogP contribution in [-0.2, 0) is 4.79 Å². The molecule has 0 unspecified atom stereocenters. The Morgan fingerprint density at radius 3 is 2.73 bits per heavy atom. The average Bonchev–Trinajstić information content (AvgIpc) is 2.76. The predicted octanol–water partition coefficient (Wildman–Crippen LogP) is 3.45. The van der Waals surface area contributed by atoms with Gasteiger partial charge >= 0.3 is 5.69 Å². The van der Waals surface area contributed by atoms with Crippen molar-refractivity contribution in [1.82, 2.24) is 0 Å². The third kappa shape index (κ3) is 2.40. The zero-order valence-electron chi connectivity index (χ0n) is 11.0. The van der Waals surface area contributed by atoms with E-state index in [1.807, 2.05) is 0 Å². The number of nitro benzene ring substituents is 1. The molecule has 0 fully saturated rings. The number of amides is 1. The van der Waals surface area contributed by atoms with E-state index >= 15 is 0 Å². The van der Waals surface area contributed by atoms with Crippen LogP contribution in [0.25, 0.3) is 11.6 Å². The van der Waals surface area contributed by atoms with Gasteiger partial charge in [0.1, 0.15) is 0 Å². The lowest BCUT2D eigenvalue weighted by molar-refractivity contribution is -0.385. The first-order chi connectivity index (χ1) is 10.5. The van der Waals surface area contributed by atoms with Gasteiger partial charge in [0.2, 0.25) is 0 Å². The first-order valence-electron chi connectivity index (χ1n) is 6.26. The van der Waals surface area contributed by atoms with Crippen molar-refractivity contribution in [3.8, 4) is 5.75 Å². The standard InChI is InChI=1S/C15H9ClN2O4/c16-9-2-3-12-10(7-9)11(15(20)17-12)5-8-1-4-14(19)13(6-8)18(21)22/h1-7,19H,(H,17,20)/b11-5+. The van der Waals surface area contributed by atoms with Crippen LogP contribution in [0.3, 0.4) is 0 Å². The van der Waals surface area contributed by atoms with Gasteiger partial charge in [-0.1, -0.05) is 17.7 Å². The Morgan fingerprint density at radius 1 is 1.23 bits per heavy atom. The second-order valence-corrected chi connectivity index (χ2v) is 5.14. The van der Waals surface area contributed by atoms with Gasteiger partial charge in [0.15, 0.2) is 5.75 Å². The Balaban J connectivity index is 2.10. The van der Waals surface area contributed by atoms with Crippen LogP contribution in [-0.4, -0.2) is 15.9 Å². The molecule has 2 N–H and O–H groups in total. The van der Waals surface area contributed by atoms with Crippen LogP contribution in [0.15, 0.2) is 36.4 Å². The zero-order chi connectivity index (χ0) is 15.9. The van der Waals surface area contributed by atoms with Crippen LogP contribution in [0.5, 0.6) is 5.75 Å². The molecule has 0 aromatic heterocycles. The lowest BCUT2D eigenvalue weighted by Gasteiger charge is -2.01. The highest BCUT2D eigenvalue weighted by Gasteiger charge is 2.24. The Labute approximate surface area is 129 Å². The molecule has 0 spiro atoms. The number of halogens is 1. The number of fused-ring (bicyclic) bond motifs is 1. The van der Waals surface area contributed by atoms with E-state index in [0.29, 0.717) is 27.4 Å². The summed E-state index contributed by atoms with van der Waals surface area (Å²) in [5.41, 5.74) is 1.64. The third-order valence-electron chi connectivity index (χ3n) is 3.27. The summed E-state index contributed by atoms with van der Waals surface area (Å²) in [5.74, 6) is -0.737. The molecule has 3 rings (SSSR count). The van der Waals surface area contributed by atoms with Gasteiger partial charge in [0.05, 0.1) is 4.92 Å². The number of hydrogen-bond acceptors (Lipinski definition) is 4. The van der Waals surface area contributed by atoms with Crippen molar-refractivity contribution in [2.24, 2.45) is 0 Å². The van der Waals surface area contributed by atoms with Crippen LogP contribution < -0.4 is 5.32 Å². The third-order valence-corrected chi connectivity index (χ3v) is 3.51. The highest BCUT2D eigenvalue weighted by molar-refractivity contribution is 6.36. The maximum atomic E-state index is 12.0. The Morgan fingerprint density at radius 2 is 2.00 bits per heavy atom. The number of hydrogen-bond donors (Lipinski definition) is 2. The average molecular weight is 317 g/mol. The molecule has 7 heteroatoms. The van der Waals surface area contributed by atoms with E-state index in [9.17, 15) is 20.0 Å². The quantitative estimate of drug-likeness (QED) is 0.504. The maximum absolute atomic E-state index is 12.0. The first-order valence-corrected chi connectivity index (χ1v) is 6.64. The lowest BCUT2D eigenvalue weighted by atomic mass is 10.0. The molecule has 0 saturated heterocycles. The summed E-state index contributed by atoms with van der Waals surface area (Å²) >= 11 is 5.94. The number of phenols is 1. The molecule has 0 saturated carbocycles. The van der Waals surface area contributed by atoms with Crippen LogP contribution in [0.1, 0.15) is 11.1 Å². The number of nitrogens with zero attached hydrogens (tertiary/aromatic N) is 1. The van der Waals surface area contributed by atoms with Crippen molar-refractivity contribution in [1.29, 1.82) is 0 Å². The second kappa shape index (κ2) is 5.16. The van der Waals surface area contributed by atoms with Gasteiger partial charge in [0, 0.05) is 27.9 Å². The molecule has 22 heavy (non-hydrogen) atoms. The fourth-order valence-electron chi connectivity index (χ4n) is 2.25. The minimum atomic E-state index is -0.684. The van der Waals surface area contributed by atoms with Crippen LogP contribution in [0.4, 0.5) is 11.4 Å². The molecule has 0 radical (unpaired) electrons. The summed E-state index contributed by atoms with van der Waals surface area (Å²) in [6, 6.07) is 8.92. The Kier molecular flexibility index (Phi) is 3.30. The SMILES string of the molecule is O=C1Nc2ccc(Cl)cc2/C1=C\c1ccc(O)c([N+](=O)[O-])c1. The van der Waals surface area contributed by atoms with Crippen molar-refractivity contribution in [2.75, 3.05) is 5.32 Å². The van der Waals surface area contributed by atoms with Gasteiger partial charge in [-0.3, -0.25) is 14.9 Å². The molecule has 0 atom stereocenters. The summed E-state index contributed by atoms with van der Waals surface area (Å²) in [5, 5.41) is 23.5. The minimum absolute atomic E-state index is 0.312. The van der Waals surface area contributed by atoms with E-state index in [2.05, 4.69) is 5.32 Å². The monoisotopic (exact) mass is 316 g/mol. The largest absolute Gasteiger partial charge is 0.502 e. The Hall–Kier alpha value is -2.86. The summed E-state index contributed by atoms with van der Waals surface area (Å²) in [6.45, 7) is 0. The molecule has 6 nitrogen and oxygen atoms in total. The maximum Gasteiger partial charge on any atom is 0.311 e. The molecule has 0 aliphatic carbocycles. The van der Waals surface area contributed by atoms with Gasteiger partial charge in [0.25, 0.3) is 5.91 Å². The molecular weight excluding hydrogens is 308 g/mol. The number of phenolic OH excluding ortho intramolecular Hbond substituents is 1. The smallest absolute Gasteiger partial charge is 0.311 e. The van der Waals surface area contributed by atoms with E-state index in [1.165, 1.54) is 24.3 Å². The molecule has 0 bridgehead atoms. The van der Waals surface area contributed by atoms with Crippen molar-refractivity contribution in [3.05, 3.63) is 62.7 Å². The molecule has 110 valence electrons. The highest BCUT2D eigenvalue weighted by Crippen LogP contribution is 2.36. The molecule has 2 aromatic carbocycles. The first kappa shape index (κ1) is 14.1. The number of nitrogens with one attached hydrogen (secondary N) is 1. The predicted molar refractivity (Wildman–Crippen MR) is 82.7 cm³/mol. The number of anilines is 1. The normalized spacial score (nSPS) is 14.8. The number of carbonyl (C=O) groups excluding carboxylic acids is 1. The van der Waals surface area contributed by atoms with Crippen molar-refractivity contribution in [3.63, 3.8) is 0 Å². The van der Waals surface area contributed by atoms with Gasteiger partial charge < -0.3 is 10.4 Å². The van der Waals surface area contributed by atoms with Crippen LogP contribution in [0.2, 0.25) is 5.02 Å². The van der Waals surface area contributed by atoms with E-state index < -0.39 is 16.4 Å². The van der Waals surface area contributed by atoms with Gasteiger partial charge in [-0.25, -0.2) is 0 Å². The van der Waals surface area contributed by atoms with Gasteiger partial charge in [-0.15, -0.1) is 0 Å². The van der Waals surface area contributed by atoms with Crippen molar-refractivity contribution in [2.45, 2.75) is 0 Å². The molecular formula is C15H9ClN2O4. The number of carbonyl (C=O) groups is 1. The fourth-order valence-corrected chi connectivity index (χ4v) is 2.42. The van der Waals surface area contributed by atoms with Crippen LogP contribution in [0, 0.1) is 10.1 Å². The summed E-state index contributed by atoms with van der Waals surface area (Å²) in [4.78, 5) is 22.2. The van der Waals surface area contributed by atoms with Gasteiger partial charge in [-0.05, 0) is 35.9 Å². The van der Waals surface area contributed by atoms with Gasteiger partial charge in [-0.2, -0.15) is 0 Å². The van der Waals surface area contributed by atoms with Crippen LogP contribution >= 0.6 is 11.6 Å². The Bertz CT molecular complexity index is 845. The number of nitro groups is 1. The number of aromatic hydroxyl groups is 1. The van der Waals surface area contributed by atoms with E-state index in [1.54, 1.807) is 18.2 Å². The summed E-state index contributed by atoms with van der Waals surface area (Å²) in [6.07, 6.45) is 1.52. The van der Waals surface area contributed by atoms with E-state index in [0.717, 1.165) is 0 Å². The fraction of sp³-hybridized carbons (Fsp3) is 0. The molecule has 1 heterocycles. The molecule has 1 amide bonds. The molecule has 1 aliphatic rings. The van der Waals surface area contributed by atoms with Crippen molar-refractivity contribution < 1.29 is 14.8 Å².